The summed E-state index contributed by atoms with van der Waals surface area (Å²) in [5.41, 5.74) is -0.172. The maximum atomic E-state index is 13.1. The van der Waals surface area contributed by atoms with Crippen molar-refractivity contribution in [3.8, 4) is 0 Å². The molecule has 0 bridgehead atoms. The number of aryl methyl sites for hydroxylation is 1. The van der Waals surface area contributed by atoms with Crippen molar-refractivity contribution in [2.24, 2.45) is 4.99 Å². The van der Waals surface area contributed by atoms with Crippen LogP contribution in [-0.4, -0.2) is 33.8 Å². The highest BCUT2D eigenvalue weighted by atomic mass is 127. The molecule has 2 aromatic rings. The first kappa shape index (κ1) is 24.4. The fourth-order valence-electron chi connectivity index (χ4n) is 3.61. The summed E-state index contributed by atoms with van der Waals surface area (Å²) in [6, 6.07) is 5.70. The molecule has 30 heavy (non-hydrogen) atoms. The van der Waals surface area contributed by atoms with Crippen LogP contribution in [0.4, 0.5) is 13.2 Å². The van der Waals surface area contributed by atoms with Gasteiger partial charge in [0.25, 0.3) is 0 Å². The topological polar surface area (TPSA) is 67.1 Å². The van der Waals surface area contributed by atoms with E-state index in [0.717, 1.165) is 43.3 Å². The third-order valence-electron chi connectivity index (χ3n) is 5.47. The zero-order valence-electron chi connectivity index (χ0n) is 17.2. The predicted molar refractivity (Wildman–Crippen MR) is 121 cm³/mol. The molecule has 2 N–H and O–H groups in total. The van der Waals surface area contributed by atoms with Crippen molar-refractivity contribution in [1.29, 1.82) is 0 Å². The third kappa shape index (κ3) is 5.64. The van der Waals surface area contributed by atoms with Gasteiger partial charge in [0.05, 0.1) is 5.56 Å². The van der Waals surface area contributed by atoms with E-state index in [2.05, 4.69) is 25.8 Å². The Hall–Kier alpha value is -1.85. The lowest BCUT2D eigenvalue weighted by Gasteiger charge is -2.43. The lowest BCUT2D eigenvalue weighted by atomic mass is 9.64. The van der Waals surface area contributed by atoms with Gasteiger partial charge >= 0.3 is 6.18 Å². The van der Waals surface area contributed by atoms with Crippen LogP contribution in [0.5, 0.6) is 0 Å². The summed E-state index contributed by atoms with van der Waals surface area (Å²) in [6.07, 6.45) is 0.0448. The number of hydrogen-bond acceptors (Lipinski definition) is 3. The highest BCUT2D eigenvalue weighted by Crippen LogP contribution is 2.44. The molecule has 1 heterocycles. The second-order valence-electron chi connectivity index (χ2n) is 7.29. The Balaban J connectivity index is 0.00000320. The second kappa shape index (κ2) is 10.5. The first-order valence-electron chi connectivity index (χ1n) is 9.94. The van der Waals surface area contributed by atoms with Gasteiger partial charge in [-0.25, -0.2) is 4.99 Å². The van der Waals surface area contributed by atoms with Crippen molar-refractivity contribution < 1.29 is 13.2 Å². The SMILES string of the molecule is CCNC(=NCc1nncn1CC)NCC1(c2cccc(C(F)(F)F)c2)CCC1.I. The van der Waals surface area contributed by atoms with Gasteiger partial charge in [-0.1, -0.05) is 24.6 Å². The van der Waals surface area contributed by atoms with Crippen LogP contribution in [0.3, 0.4) is 0 Å². The van der Waals surface area contributed by atoms with Gasteiger partial charge in [0.2, 0.25) is 0 Å². The predicted octanol–water partition coefficient (Wildman–Crippen LogP) is 4.11. The van der Waals surface area contributed by atoms with E-state index >= 15 is 0 Å². The number of nitrogens with one attached hydrogen (secondary N) is 2. The van der Waals surface area contributed by atoms with E-state index in [1.807, 2.05) is 18.4 Å². The molecule has 0 saturated heterocycles. The van der Waals surface area contributed by atoms with E-state index in [4.69, 9.17) is 0 Å². The smallest absolute Gasteiger partial charge is 0.357 e. The van der Waals surface area contributed by atoms with Gasteiger partial charge in [-0.3, -0.25) is 0 Å². The Labute approximate surface area is 191 Å². The molecule has 1 aromatic heterocycles. The van der Waals surface area contributed by atoms with Crippen LogP contribution in [-0.2, 0) is 24.7 Å². The minimum absolute atomic E-state index is 0. The Morgan fingerprint density at radius 2 is 2.00 bits per heavy atom. The quantitative estimate of drug-likeness (QED) is 0.318. The minimum Gasteiger partial charge on any atom is -0.357 e. The van der Waals surface area contributed by atoms with Crippen LogP contribution in [0.25, 0.3) is 0 Å². The maximum Gasteiger partial charge on any atom is 0.416 e. The van der Waals surface area contributed by atoms with Crippen molar-refractivity contribution >= 4 is 29.9 Å². The van der Waals surface area contributed by atoms with Gasteiger partial charge < -0.3 is 15.2 Å². The number of hydrogen-bond donors (Lipinski definition) is 2. The molecule has 0 unspecified atom stereocenters. The zero-order chi connectivity index (χ0) is 20.9. The molecule has 6 nitrogen and oxygen atoms in total. The highest BCUT2D eigenvalue weighted by Gasteiger charge is 2.40. The van der Waals surface area contributed by atoms with E-state index < -0.39 is 11.7 Å². The Bertz CT molecular complexity index is 845. The second-order valence-corrected chi connectivity index (χ2v) is 7.29. The first-order chi connectivity index (χ1) is 13.9. The maximum absolute atomic E-state index is 13.1. The molecule has 166 valence electrons. The highest BCUT2D eigenvalue weighted by molar-refractivity contribution is 14.0. The third-order valence-corrected chi connectivity index (χ3v) is 5.47. The molecule has 0 amide bonds. The summed E-state index contributed by atoms with van der Waals surface area (Å²) in [7, 11) is 0. The van der Waals surface area contributed by atoms with Crippen molar-refractivity contribution in [1.82, 2.24) is 25.4 Å². The van der Waals surface area contributed by atoms with E-state index in [1.165, 1.54) is 12.1 Å². The lowest BCUT2D eigenvalue weighted by Crippen LogP contribution is -2.49. The number of alkyl halides is 3. The van der Waals surface area contributed by atoms with Crippen molar-refractivity contribution in [2.45, 2.75) is 57.8 Å². The Kier molecular flexibility index (Phi) is 8.51. The number of nitrogens with zero attached hydrogens (tertiary/aromatic N) is 4. The largest absolute Gasteiger partial charge is 0.416 e. The van der Waals surface area contributed by atoms with E-state index in [1.54, 1.807) is 12.4 Å². The standard InChI is InChI=1S/C20H27F3N6.HI/c1-3-24-18(25-12-17-28-27-14-29(17)4-2)26-13-19(9-6-10-19)15-7-5-8-16(11-15)20(21,22)23;/h5,7-8,11,14H,3-4,6,9-10,12-13H2,1-2H3,(H2,24,25,26);1H. The summed E-state index contributed by atoms with van der Waals surface area (Å²) in [5, 5.41) is 14.5. The summed E-state index contributed by atoms with van der Waals surface area (Å²) in [5.74, 6) is 1.39. The average molecular weight is 536 g/mol. The van der Waals surface area contributed by atoms with Gasteiger partial charge in [-0.2, -0.15) is 13.2 Å². The van der Waals surface area contributed by atoms with Gasteiger partial charge in [-0.15, -0.1) is 34.2 Å². The van der Waals surface area contributed by atoms with Gasteiger partial charge in [0.1, 0.15) is 12.9 Å². The summed E-state index contributed by atoms with van der Waals surface area (Å²) in [6.45, 7) is 6.33. The van der Waals surface area contributed by atoms with Crippen molar-refractivity contribution in [2.75, 3.05) is 13.1 Å². The summed E-state index contributed by atoms with van der Waals surface area (Å²) >= 11 is 0. The zero-order valence-corrected chi connectivity index (χ0v) is 19.5. The van der Waals surface area contributed by atoms with Gasteiger partial charge in [0.15, 0.2) is 11.8 Å². The number of aliphatic imine (C=N–C) groups is 1. The molecule has 3 rings (SSSR count). The van der Waals surface area contributed by atoms with E-state index in [9.17, 15) is 13.2 Å². The monoisotopic (exact) mass is 536 g/mol. The molecule has 1 fully saturated rings. The van der Waals surface area contributed by atoms with Gasteiger partial charge in [-0.05, 0) is 38.3 Å². The molecule has 1 aliphatic rings. The van der Waals surface area contributed by atoms with Crippen LogP contribution in [0, 0.1) is 0 Å². The van der Waals surface area contributed by atoms with Crippen LogP contribution in [0.1, 0.15) is 50.1 Å². The summed E-state index contributed by atoms with van der Waals surface area (Å²) < 4.78 is 41.3. The first-order valence-corrected chi connectivity index (χ1v) is 9.94. The molecule has 10 heteroatoms. The minimum atomic E-state index is -4.33. The van der Waals surface area contributed by atoms with Crippen LogP contribution >= 0.6 is 24.0 Å². The molecule has 0 atom stereocenters. The number of guanidine groups is 1. The molecular formula is C20H28F3IN6. The molecule has 0 radical (unpaired) electrons. The number of rotatable bonds is 7. The molecule has 0 aliphatic heterocycles. The van der Waals surface area contributed by atoms with E-state index in [0.29, 0.717) is 25.6 Å². The molecule has 1 aromatic carbocycles. The number of aromatic nitrogens is 3. The van der Waals surface area contributed by atoms with Crippen molar-refractivity contribution in [3.63, 3.8) is 0 Å². The number of halogens is 4. The Morgan fingerprint density at radius 1 is 1.23 bits per heavy atom. The van der Waals surface area contributed by atoms with E-state index in [-0.39, 0.29) is 29.4 Å². The molecule has 0 spiro atoms. The van der Waals surface area contributed by atoms with Crippen LogP contribution in [0.15, 0.2) is 35.6 Å². The van der Waals surface area contributed by atoms with Gasteiger partial charge in [0, 0.05) is 25.0 Å². The molecule has 1 saturated carbocycles. The fraction of sp³-hybridized carbons (Fsp3) is 0.550. The van der Waals surface area contributed by atoms with Crippen LogP contribution < -0.4 is 10.6 Å². The lowest BCUT2D eigenvalue weighted by molar-refractivity contribution is -0.137. The fourth-order valence-corrected chi connectivity index (χ4v) is 3.61. The normalized spacial score (nSPS) is 15.8. The van der Waals surface area contributed by atoms with Crippen LogP contribution in [0.2, 0.25) is 0 Å². The average Bonchev–Trinajstić information content (AvgIpc) is 3.12. The summed E-state index contributed by atoms with van der Waals surface area (Å²) in [4.78, 5) is 4.57. The van der Waals surface area contributed by atoms with Crippen molar-refractivity contribution in [3.05, 3.63) is 47.5 Å². The number of benzene rings is 1. The Morgan fingerprint density at radius 3 is 2.60 bits per heavy atom. The molecule has 1 aliphatic carbocycles. The molecular weight excluding hydrogens is 508 g/mol.